The van der Waals surface area contributed by atoms with E-state index in [4.69, 9.17) is 14.5 Å². The Bertz CT molecular complexity index is 2450. The Morgan fingerprint density at radius 2 is 1.42 bits per heavy atom. The van der Waals surface area contributed by atoms with Crippen molar-refractivity contribution in [3.8, 4) is 11.5 Å². The molecule has 8 rings (SSSR count). The van der Waals surface area contributed by atoms with Crippen molar-refractivity contribution >= 4 is 54.8 Å². The monoisotopic (exact) mass is 801 g/mol. The number of hydrogen-bond acceptors (Lipinski definition) is 9. The summed E-state index contributed by atoms with van der Waals surface area (Å²) in [5.74, 6) is 1.36. The Morgan fingerprint density at radius 3 is 2.05 bits per heavy atom. The number of nitrogens with one attached hydrogen (secondary N) is 2. The summed E-state index contributed by atoms with van der Waals surface area (Å²) in [4.78, 5) is 37.4. The first-order valence-electron chi connectivity index (χ1n) is 19.7. The molecule has 6 aromatic rings. The molecule has 2 atom stereocenters. The third-order valence-corrected chi connectivity index (χ3v) is 13.5. The van der Waals surface area contributed by atoms with Gasteiger partial charge in [-0.1, -0.05) is 42.5 Å². The number of hydrogen-bond donors (Lipinski definition) is 2. The third kappa shape index (κ3) is 8.16. The number of aryl methyl sites for hydroxylation is 2. The van der Waals surface area contributed by atoms with E-state index in [2.05, 4.69) is 68.3 Å². The summed E-state index contributed by atoms with van der Waals surface area (Å²) in [6, 6.07) is 26.2. The van der Waals surface area contributed by atoms with Crippen molar-refractivity contribution in [2.45, 2.75) is 50.6 Å². The molecule has 2 N–H and O–H groups in total. The van der Waals surface area contributed by atoms with Crippen LogP contribution in [0.4, 0.5) is 0 Å². The van der Waals surface area contributed by atoms with Crippen molar-refractivity contribution in [1.82, 2.24) is 25.4 Å². The average Bonchev–Trinajstić information content (AvgIpc) is 3.98. The molecule has 2 unspecified atom stereocenters. The Labute approximate surface area is 343 Å². The van der Waals surface area contributed by atoms with Crippen LogP contribution in [0.25, 0.3) is 20.3 Å². The molecule has 2 aliphatic carbocycles. The molecule has 11 heteroatoms. The highest BCUT2D eigenvalue weighted by molar-refractivity contribution is 7.18. The molecule has 0 radical (unpaired) electrons. The highest BCUT2D eigenvalue weighted by Crippen LogP contribution is 2.57. The van der Waals surface area contributed by atoms with E-state index in [-0.39, 0.29) is 17.7 Å². The summed E-state index contributed by atoms with van der Waals surface area (Å²) >= 11 is 3.44. The van der Waals surface area contributed by atoms with Crippen LogP contribution in [-0.2, 0) is 17.5 Å². The van der Waals surface area contributed by atoms with Gasteiger partial charge in [0.15, 0.2) is 0 Å². The van der Waals surface area contributed by atoms with E-state index in [9.17, 15) is 9.59 Å². The summed E-state index contributed by atoms with van der Waals surface area (Å²) in [7, 11) is 8.05. The van der Waals surface area contributed by atoms with E-state index in [1.165, 1.54) is 15.6 Å². The van der Waals surface area contributed by atoms with Gasteiger partial charge in [-0.3, -0.25) is 9.59 Å². The number of amides is 2. The number of rotatable bonds is 16. The van der Waals surface area contributed by atoms with Gasteiger partial charge < -0.3 is 29.9 Å². The largest absolute Gasteiger partial charge is 0.492 e. The third-order valence-electron chi connectivity index (χ3n) is 11.4. The molecular weight excluding hydrogens is 751 g/mol. The molecular formula is C46H51N5O4S2. The van der Waals surface area contributed by atoms with Crippen LogP contribution in [0.2, 0.25) is 0 Å². The van der Waals surface area contributed by atoms with E-state index in [0.717, 1.165) is 70.7 Å². The lowest BCUT2D eigenvalue weighted by molar-refractivity contribution is 0.0919. The summed E-state index contributed by atoms with van der Waals surface area (Å²) < 4.78 is 14.3. The number of carbonyl (C=O) groups is 2. The molecule has 2 aliphatic rings. The van der Waals surface area contributed by atoms with E-state index >= 15 is 0 Å². The lowest BCUT2D eigenvalue weighted by atomic mass is 9.98. The zero-order chi connectivity index (χ0) is 39.9. The topological polar surface area (TPSA) is 96.0 Å². The van der Waals surface area contributed by atoms with Gasteiger partial charge >= 0.3 is 0 Å². The van der Waals surface area contributed by atoms with Gasteiger partial charge in [-0.25, -0.2) is 4.98 Å². The fourth-order valence-electron chi connectivity index (χ4n) is 7.82. The number of thiazole rings is 1. The van der Waals surface area contributed by atoms with E-state index in [0.29, 0.717) is 35.8 Å². The molecule has 0 aliphatic heterocycles. The number of carbonyl (C=O) groups excluding carboxylic acids is 2. The SMILES string of the molecule is Cc1ccc(OCCN(C)C)cc1C(=O)NC1(c2cccc3nc(CC4CC4(NC(=O)c4cc(OCCN(C)C)ccc4C)c4csc5ccccc45)sc23)CC1. The minimum Gasteiger partial charge on any atom is -0.492 e. The fraction of sp³-hybridized carbons (Fsp3) is 0.370. The smallest absolute Gasteiger partial charge is 0.252 e. The minimum absolute atomic E-state index is 0.0906. The normalized spacial score (nSPS) is 18.3. The number of aromatic nitrogens is 1. The number of thiophene rings is 1. The van der Waals surface area contributed by atoms with Crippen molar-refractivity contribution in [3.05, 3.63) is 123 Å². The van der Waals surface area contributed by atoms with Crippen molar-refractivity contribution < 1.29 is 19.1 Å². The molecule has 296 valence electrons. The molecule has 0 saturated heterocycles. The van der Waals surface area contributed by atoms with Gasteiger partial charge in [0, 0.05) is 35.3 Å². The molecule has 2 fully saturated rings. The molecule has 4 aromatic carbocycles. The second-order valence-electron chi connectivity index (χ2n) is 16.2. The number of fused-ring (bicyclic) bond motifs is 2. The van der Waals surface area contributed by atoms with Crippen LogP contribution in [0.3, 0.4) is 0 Å². The van der Waals surface area contributed by atoms with Crippen molar-refractivity contribution in [2.75, 3.05) is 54.5 Å². The zero-order valence-corrected chi connectivity index (χ0v) is 35.2. The molecule has 9 nitrogen and oxygen atoms in total. The highest BCUT2D eigenvalue weighted by Gasteiger charge is 2.57. The number of nitrogens with zero attached hydrogens (tertiary/aromatic N) is 3. The fourth-order valence-corrected chi connectivity index (χ4v) is 10.1. The number of likely N-dealkylation sites (N-methyl/N-ethyl adjacent to an activating group) is 2. The molecule has 57 heavy (non-hydrogen) atoms. The predicted molar refractivity (Wildman–Crippen MR) is 231 cm³/mol. The summed E-state index contributed by atoms with van der Waals surface area (Å²) in [6.45, 7) is 6.62. The van der Waals surface area contributed by atoms with Crippen LogP contribution in [0.1, 0.15) is 67.2 Å². The quantitative estimate of drug-likeness (QED) is 0.102. The Balaban J connectivity index is 1.04. The molecule has 2 saturated carbocycles. The number of ether oxygens (including phenoxy) is 2. The van der Waals surface area contributed by atoms with Gasteiger partial charge in [0.05, 0.1) is 26.3 Å². The first-order valence-corrected chi connectivity index (χ1v) is 21.4. The maximum Gasteiger partial charge on any atom is 0.252 e. The Hall–Kier alpha value is -4.81. The molecule has 2 amide bonds. The Kier molecular flexibility index (Phi) is 10.9. The van der Waals surface area contributed by atoms with Crippen LogP contribution in [0.5, 0.6) is 11.5 Å². The number of benzene rings is 4. The van der Waals surface area contributed by atoms with Gasteiger partial charge in [0.1, 0.15) is 24.7 Å². The molecule has 2 aromatic heterocycles. The van der Waals surface area contributed by atoms with Gasteiger partial charge in [0.2, 0.25) is 0 Å². The second kappa shape index (κ2) is 15.9. The molecule has 2 heterocycles. The van der Waals surface area contributed by atoms with Crippen LogP contribution in [-0.4, -0.2) is 81.1 Å². The van der Waals surface area contributed by atoms with Crippen molar-refractivity contribution in [2.24, 2.45) is 5.92 Å². The lowest BCUT2D eigenvalue weighted by Crippen LogP contribution is -2.37. The van der Waals surface area contributed by atoms with Gasteiger partial charge in [-0.2, -0.15) is 0 Å². The second-order valence-corrected chi connectivity index (χ2v) is 18.2. The van der Waals surface area contributed by atoms with Crippen LogP contribution in [0, 0.1) is 19.8 Å². The maximum atomic E-state index is 14.3. The first-order chi connectivity index (χ1) is 27.4. The average molecular weight is 802 g/mol. The molecule has 0 spiro atoms. The zero-order valence-electron chi connectivity index (χ0n) is 33.6. The molecule has 0 bridgehead atoms. The van der Waals surface area contributed by atoms with Crippen molar-refractivity contribution in [1.29, 1.82) is 0 Å². The highest BCUT2D eigenvalue weighted by atomic mass is 32.1. The van der Waals surface area contributed by atoms with Gasteiger partial charge in [0.25, 0.3) is 11.8 Å². The van der Waals surface area contributed by atoms with Crippen LogP contribution < -0.4 is 20.1 Å². The first kappa shape index (κ1) is 39.0. The summed E-state index contributed by atoms with van der Waals surface area (Å²) in [6.07, 6.45) is 3.29. The van der Waals surface area contributed by atoms with E-state index < -0.39 is 11.1 Å². The predicted octanol–water partition coefficient (Wildman–Crippen LogP) is 8.32. The lowest BCUT2D eigenvalue weighted by Gasteiger charge is -2.21. The van der Waals surface area contributed by atoms with E-state index in [1.54, 1.807) is 22.7 Å². The van der Waals surface area contributed by atoms with Crippen molar-refractivity contribution in [3.63, 3.8) is 0 Å². The Morgan fingerprint density at radius 1 is 0.789 bits per heavy atom. The van der Waals surface area contributed by atoms with Crippen LogP contribution in [0.15, 0.2) is 84.2 Å². The maximum absolute atomic E-state index is 14.3. The standard InChI is InChI=1S/C46H51N5O4S2/c1-29-14-16-32(54-22-20-50(3)4)25-35(29)43(52)48-45(18-19-45)37-11-9-12-39-42(37)57-41(47-39)24-31-27-46(31,38-28-56-40-13-8-7-10-34(38)40)49-44(53)36-26-33(17-15-30(36)2)55-23-21-51(5)6/h7-17,25-26,28,31H,18-24,27H2,1-6H3,(H,48,52)(H,49,53). The van der Waals surface area contributed by atoms with Gasteiger partial charge in [-0.15, -0.1) is 22.7 Å². The summed E-state index contributed by atoms with van der Waals surface area (Å²) in [5.41, 5.74) is 5.34. The van der Waals surface area contributed by atoms with E-state index in [1.807, 2.05) is 78.4 Å². The summed E-state index contributed by atoms with van der Waals surface area (Å²) in [5, 5.41) is 11.4. The van der Waals surface area contributed by atoms with Gasteiger partial charge in [-0.05, 0) is 137 Å². The minimum atomic E-state index is -0.528. The van der Waals surface area contributed by atoms with Crippen LogP contribution >= 0.6 is 22.7 Å².